The van der Waals surface area contributed by atoms with Crippen LogP contribution in [0.25, 0.3) is 0 Å². The largest absolute Gasteiger partial charge is 0.391 e. The Morgan fingerprint density at radius 1 is 1.09 bits per heavy atom. The fourth-order valence-electron chi connectivity index (χ4n) is 3.94. The number of benzene rings is 1. The lowest BCUT2D eigenvalue weighted by Crippen LogP contribution is -2.60. The molecule has 32 heavy (non-hydrogen) atoms. The van der Waals surface area contributed by atoms with Crippen LogP contribution in [-0.2, 0) is 25.1 Å². The van der Waals surface area contributed by atoms with Crippen LogP contribution >= 0.6 is 0 Å². The second-order valence-electron chi connectivity index (χ2n) is 8.24. The molecule has 3 amide bonds. The monoisotopic (exact) mass is 469 g/mol. The third-order valence-electron chi connectivity index (χ3n) is 5.70. The van der Waals surface area contributed by atoms with Crippen molar-refractivity contribution in [2.45, 2.75) is 49.3 Å². The smallest absolute Gasteiger partial charge is 0.318 e. The maximum atomic E-state index is 13.0. The van der Waals surface area contributed by atoms with E-state index in [1.807, 2.05) is 0 Å². The van der Waals surface area contributed by atoms with Crippen LogP contribution in [0, 0.1) is 0 Å². The number of nitrogens with zero attached hydrogens (tertiary/aromatic N) is 1. The lowest BCUT2D eigenvalue weighted by Gasteiger charge is -2.34. The number of hydrogen-bond donors (Lipinski definition) is 4. The molecule has 0 radical (unpaired) electrons. The first-order valence-electron chi connectivity index (χ1n) is 10.8. The molecule has 1 aromatic rings. The van der Waals surface area contributed by atoms with Gasteiger partial charge in [-0.2, -0.15) is 0 Å². The van der Waals surface area contributed by atoms with E-state index in [2.05, 4.69) is 10.6 Å². The average molecular weight is 470 g/mol. The number of aliphatic hydroxyl groups is 2. The molecule has 1 saturated carbocycles. The molecule has 2 unspecified atom stereocenters. The van der Waals surface area contributed by atoms with Crippen molar-refractivity contribution < 1.29 is 33.0 Å². The van der Waals surface area contributed by atoms with Crippen LogP contribution in [0.3, 0.4) is 0 Å². The summed E-state index contributed by atoms with van der Waals surface area (Å²) in [5.41, 5.74) is 0.573. The van der Waals surface area contributed by atoms with Crippen LogP contribution < -0.4 is 10.6 Å². The van der Waals surface area contributed by atoms with Gasteiger partial charge in [0.25, 0.3) is 0 Å². The number of morpholine rings is 1. The van der Waals surface area contributed by atoms with Gasteiger partial charge in [0.05, 0.1) is 43.0 Å². The normalized spacial score (nSPS) is 25.1. The molecule has 4 N–H and O–H groups in total. The van der Waals surface area contributed by atoms with Gasteiger partial charge in [0.2, 0.25) is 5.91 Å². The second kappa shape index (κ2) is 11.1. The Labute approximate surface area is 187 Å². The molecule has 0 spiro atoms. The summed E-state index contributed by atoms with van der Waals surface area (Å²) in [5, 5.41) is 25.4. The molecule has 1 aromatic carbocycles. The Bertz CT molecular complexity index is 865. The van der Waals surface area contributed by atoms with Crippen LogP contribution in [-0.4, -0.2) is 91.8 Å². The highest BCUT2D eigenvalue weighted by Gasteiger charge is 2.36. The van der Waals surface area contributed by atoms with Crippen molar-refractivity contribution in [1.29, 1.82) is 0 Å². The quantitative estimate of drug-likeness (QED) is 0.417. The molecule has 2 fully saturated rings. The van der Waals surface area contributed by atoms with Crippen molar-refractivity contribution in [1.82, 2.24) is 15.5 Å². The van der Waals surface area contributed by atoms with Crippen LogP contribution in [0.2, 0.25) is 0 Å². The van der Waals surface area contributed by atoms with Crippen LogP contribution in [0.15, 0.2) is 30.3 Å². The van der Waals surface area contributed by atoms with E-state index in [9.17, 15) is 28.2 Å². The van der Waals surface area contributed by atoms with E-state index in [-0.39, 0.29) is 5.75 Å². The molecule has 10 nitrogen and oxygen atoms in total. The highest BCUT2D eigenvalue weighted by Crippen LogP contribution is 2.19. The van der Waals surface area contributed by atoms with Gasteiger partial charge in [0.1, 0.15) is 6.04 Å². The minimum absolute atomic E-state index is 0.278. The molecule has 3 atom stereocenters. The van der Waals surface area contributed by atoms with Gasteiger partial charge in [-0.3, -0.25) is 4.79 Å². The second-order valence-corrected chi connectivity index (χ2v) is 10.4. The molecule has 2 aliphatic rings. The van der Waals surface area contributed by atoms with E-state index in [0.717, 1.165) is 0 Å². The minimum atomic E-state index is -3.77. The number of aliphatic hydroxyl groups excluding tert-OH is 2. The predicted molar refractivity (Wildman–Crippen MR) is 116 cm³/mol. The van der Waals surface area contributed by atoms with Crippen molar-refractivity contribution in [3.8, 4) is 0 Å². The van der Waals surface area contributed by atoms with Crippen LogP contribution in [0.5, 0.6) is 0 Å². The van der Waals surface area contributed by atoms with Gasteiger partial charge in [-0.05, 0) is 24.8 Å². The van der Waals surface area contributed by atoms with Crippen LogP contribution in [0.1, 0.15) is 24.8 Å². The summed E-state index contributed by atoms with van der Waals surface area (Å²) >= 11 is 0. The molecule has 0 aromatic heterocycles. The number of carbonyl (C=O) groups excluding carboxylic acids is 2. The summed E-state index contributed by atoms with van der Waals surface area (Å²) in [6, 6.07) is 5.71. The van der Waals surface area contributed by atoms with Gasteiger partial charge in [-0.15, -0.1) is 0 Å². The number of rotatable bonds is 7. The first-order valence-corrected chi connectivity index (χ1v) is 12.6. The van der Waals surface area contributed by atoms with Gasteiger partial charge in [0.15, 0.2) is 9.84 Å². The number of carbonyl (C=O) groups is 2. The first kappa shape index (κ1) is 24.4. The van der Waals surface area contributed by atoms with Crippen molar-refractivity contribution in [3.05, 3.63) is 35.9 Å². The molecule has 1 aliphatic heterocycles. The summed E-state index contributed by atoms with van der Waals surface area (Å²) < 4.78 is 30.9. The lowest BCUT2D eigenvalue weighted by atomic mass is 9.90. The van der Waals surface area contributed by atoms with Crippen molar-refractivity contribution in [2.75, 3.05) is 32.1 Å². The Kier molecular flexibility index (Phi) is 8.46. The fraction of sp³-hybridized carbons (Fsp3) is 0.619. The Hall–Kier alpha value is -2.21. The van der Waals surface area contributed by atoms with E-state index >= 15 is 0 Å². The number of sulfone groups is 1. The number of urea groups is 1. The molecule has 1 heterocycles. The number of hydrogen-bond acceptors (Lipinski definition) is 7. The standard InChI is InChI=1S/C21H31N3O7S/c25-17-7-4-8-18(26)19(17)23-20(27)16(22-21(28)24-9-11-31-12-10-24)14-32(29,30)13-15-5-2-1-3-6-15/h1-3,5-6,16-19,25-26H,4,7-14H2,(H,22,28)(H,23,27)/t16-,17?,18?,19?/m0/s1. The SMILES string of the molecule is O=C(NC1C(O)CCCC1O)[C@H](CS(=O)(=O)Cc1ccccc1)NC(=O)N1CCOCC1. The molecular formula is C21H31N3O7S. The third-order valence-corrected chi connectivity index (χ3v) is 7.31. The van der Waals surface area contributed by atoms with Gasteiger partial charge >= 0.3 is 6.03 Å². The molecule has 1 aliphatic carbocycles. The number of ether oxygens (including phenoxy) is 1. The Morgan fingerprint density at radius 2 is 1.72 bits per heavy atom. The molecule has 11 heteroatoms. The minimum Gasteiger partial charge on any atom is -0.391 e. The Balaban J connectivity index is 1.73. The van der Waals surface area contributed by atoms with Gasteiger partial charge in [0, 0.05) is 13.1 Å². The zero-order valence-electron chi connectivity index (χ0n) is 17.9. The van der Waals surface area contributed by atoms with Crippen molar-refractivity contribution in [3.63, 3.8) is 0 Å². The fourth-order valence-corrected chi connectivity index (χ4v) is 5.50. The van der Waals surface area contributed by atoms with Crippen LogP contribution in [0.4, 0.5) is 4.79 Å². The first-order chi connectivity index (χ1) is 15.2. The topological polar surface area (TPSA) is 145 Å². The van der Waals surface area contributed by atoms with Gasteiger partial charge in [-0.25, -0.2) is 13.2 Å². The van der Waals surface area contributed by atoms with E-state index in [1.54, 1.807) is 30.3 Å². The van der Waals surface area contributed by atoms with Crippen molar-refractivity contribution in [2.24, 2.45) is 0 Å². The molecule has 1 saturated heterocycles. The number of amides is 3. The lowest BCUT2D eigenvalue weighted by molar-refractivity contribution is -0.126. The molecule has 178 valence electrons. The van der Waals surface area contributed by atoms with E-state index < -0.39 is 51.8 Å². The highest BCUT2D eigenvalue weighted by molar-refractivity contribution is 7.90. The Morgan fingerprint density at radius 3 is 2.34 bits per heavy atom. The predicted octanol–water partition coefficient (Wildman–Crippen LogP) is -0.598. The van der Waals surface area contributed by atoms with E-state index in [1.165, 1.54) is 4.90 Å². The summed E-state index contributed by atoms with van der Waals surface area (Å²) in [7, 11) is -3.77. The maximum Gasteiger partial charge on any atom is 0.318 e. The summed E-state index contributed by atoms with van der Waals surface area (Å²) in [6.45, 7) is 1.38. The van der Waals surface area contributed by atoms with E-state index in [0.29, 0.717) is 51.1 Å². The number of nitrogens with one attached hydrogen (secondary N) is 2. The zero-order chi connectivity index (χ0) is 23.1. The molecular weight excluding hydrogens is 438 g/mol. The average Bonchev–Trinajstić information content (AvgIpc) is 2.76. The summed E-state index contributed by atoms with van der Waals surface area (Å²) in [5.74, 6) is -1.64. The van der Waals surface area contributed by atoms with Gasteiger partial charge in [-0.1, -0.05) is 30.3 Å². The highest BCUT2D eigenvalue weighted by atomic mass is 32.2. The maximum absolute atomic E-state index is 13.0. The molecule has 3 rings (SSSR count). The summed E-state index contributed by atoms with van der Waals surface area (Å²) in [6.07, 6.45) is -0.436. The zero-order valence-corrected chi connectivity index (χ0v) is 18.7. The van der Waals surface area contributed by atoms with E-state index in [4.69, 9.17) is 4.74 Å². The third kappa shape index (κ3) is 6.89. The van der Waals surface area contributed by atoms with Gasteiger partial charge < -0.3 is 30.5 Å². The molecule has 0 bridgehead atoms. The summed E-state index contributed by atoms with van der Waals surface area (Å²) in [4.78, 5) is 27.1. The van der Waals surface area contributed by atoms with Crippen molar-refractivity contribution >= 4 is 21.8 Å².